The second kappa shape index (κ2) is 3.83. The molecule has 0 heterocycles. The molecular formula is C8H5F3OS. The number of hydrogen-bond acceptors (Lipinski definition) is 2. The van der Waals surface area contributed by atoms with Crippen LogP contribution in [0.2, 0.25) is 0 Å². The maximum atomic E-state index is 13.1. The van der Waals surface area contributed by atoms with E-state index in [9.17, 15) is 18.0 Å². The van der Waals surface area contributed by atoms with Gasteiger partial charge in [0.25, 0.3) is 0 Å². The molecule has 0 unspecified atom stereocenters. The van der Waals surface area contributed by atoms with E-state index in [-0.39, 0.29) is 11.2 Å². The second-order valence-electron chi connectivity index (χ2n) is 2.22. The Hall–Kier alpha value is -0.970. The molecule has 13 heavy (non-hydrogen) atoms. The Morgan fingerprint density at radius 3 is 2.38 bits per heavy atom. The Balaban J connectivity index is 3.47. The van der Waals surface area contributed by atoms with Gasteiger partial charge in [-0.25, -0.2) is 13.2 Å². The summed E-state index contributed by atoms with van der Waals surface area (Å²) in [5.41, 5.74) is -0.731. The minimum Gasteiger partial charge on any atom is -0.298 e. The predicted octanol–water partition coefficient (Wildman–Crippen LogP) is 2.64. The summed E-state index contributed by atoms with van der Waals surface area (Å²) in [4.78, 5) is 9.87. The predicted molar refractivity (Wildman–Crippen MR) is 43.5 cm³/mol. The van der Waals surface area contributed by atoms with E-state index < -0.39 is 23.0 Å². The third-order valence-corrected chi connectivity index (χ3v) is 2.27. The van der Waals surface area contributed by atoms with Crippen molar-refractivity contribution in [2.24, 2.45) is 0 Å². The minimum atomic E-state index is -1.18. The van der Waals surface area contributed by atoms with Crippen molar-refractivity contribution in [3.63, 3.8) is 0 Å². The zero-order valence-corrected chi connectivity index (χ0v) is 7.42. The van der Waals surface area contributed by atoms with Crippen molar-refractivity contribution in [2.75, 3.05) is 6.26 Å². The lowest BCUT2D eigenvalue weighted by Gasteiger charge is -2.03. The average molecular weight is 206 g/mol. The molecule has 0 spiro atoms. The number of benzene rings is 1. The lowest BCUT2D eigenvalue weighted by atomic mass is 10.2. The Morgan fingerprint density at radius 1 is 1.31 bits per heavy atom. The van der Waals surface area contributed by atoms with Gasteiger partial charge in [0.15, 0.2) is 12.1 Å². The summed E-state index contributed by atoms with van der Waals surface area (Å²) >= 11 is 0.785. The van der Waals surface area contributed by atoms with Crippen LogP contribution in [0.1, 0.15) is 10.4 Å². The number of aldehydes is 1. The normalized spacial score (nSPS) is 10.2. The van der Waals surface area contributed by atoms with Crippen LogP contribution >= 0.6 is 11.8 Å². The van der Waals surface area contributed by atoms with Gasteiger partial charge in [-0.05, 0) is 6.26 Å². The molecule has 0 atom stereocenters. The summed E-state index contributed by atoms with van der Waals surface area (Å²) in [5.74, 6) is -3.31. The van der Waals surface area contributed by atoms with E-state index in [1.165, 1.54) is 6.26 Å². The monoisotopic (exact) mass is 206 g/mol. The maximum absolute atomic E-state index is 13.1. The fourth-order valence-corrected chi connectivity index (χ4v) is 1.42. The maximum Gasteiger partial charge on any atom is 0.156 e. The molecule has 0 aromatic heterocycles. The SMILES string of the molecule is CSc1c(F)cc(F)c(C=O)c1F. The van der Waals surface area contributed by atoms with Gasteiger partial charge in [-0.1, -0.05) is 0 Å². The van der Waals surface area contributed by atoms with E-state index in [4.69, 9.17) is 0 Å². The van der Waals surface area contributed by atoms with Crippen molar-refractivity contribution in [3.05, 3.63) is 29.1 Å². The number of thioether (sulfide) groups is 1. The number of carbonyl (C=O) groups excluding carboxylic acids is 1. The summed E-state index contributed by atoms with van der Waals surface area (Å²) in [6, 6.07) is 0.499. The van der Waals surface area contributed by atoms with Gasteiger partial charge >= 0.3 is 0 Å². The van der Waals surface area contributed by atoms with Crippen LogP contribution in [0, 0.1) is 17.5 Å². The number of hydrogen-bond donors (Lipinski definition) is 0. The molecule has 0 aliphatic rings. The Bertz CT molecular complexity index is 352. The molecule has 1 aromatic rings. The second-order valence-corrected chi connectivity index (χ2v) is 3.04. The first-order valence-corrected chi connectivity index (χ1v) is 4.51. The molecule has 0 amide bonds. The first-order valence-electron chi connectivity index (χ1n) is 3.28. The van der Waals surface area contributed by atoms with Gasteiger partial charge in [0, 0.05) is 6.07 Å². The largest absolute Gasteiger partial charge is 0.298 e. The standard InChI is InChI=1S/C8H5F3OS/c1-13-8-6(10)2-5(9)4(3-12)7(8)11/h2-3H,1H3. The summed E-state index contributed by atoms with van der Waals surface area (Å²) in [7, 11) is 0. The van der Waals surface area contributed by atoms with Crippen LogP contribution in [0.5, 0.6) is 0 Å². The lowest BCUT2D eigenvalue weighted by Crippen LogP contribution is -1.98. The van der Waals surface area contributed by atoms with Gasteiger partial charge in [0.1, 0.15) is 11.6 Å². The van der Waals surface area contributed by atoms with Crippen molar-refractivity contribution in [2.45, 2.75) is 4.90 Å². The highest BCUT2D eigenvalue weighted by Crippen LogP contribution is 2.26. The molecule has 0 bridgehead atoms. The zero-order valence-electron chi connectivity index (χ0n) is 6.61. The molecule has 0 aliphatic heterocycles. The first-order chi connectivity index (χ1) is 6.11. The van der Waals surface area contributed by atoms with E-state index in [0.717, 1.165) is 11.8 Å². The molecule has 70 valence electrons. The van der Waals surface area contributed by atoms with Gasteiger partial charge in [-0.3, -0.25) is 4.79 Å². The zero-order chi connectivity index (χ0) is 10.0. The molecule has 0 N–H and O–H groups in total. The van der Waals surface area contributed by atoms with Gasteiger partial charge < -0.3 is 0 Å². The quantitative estimate of drug-likeness (QED) is 0.546. The fourth-order valence-electron chi connectivity index (χ4n) is 0.882. The number of halogens is 3. The van der Waals surface area contributed by atoms with Crippen LogP contribution < -0.4 is 0 Å². The molecular weight excluding hydrogens is 201 g/mol. The Labute approximate surface area is 76.9 Å². The highest BCUT2D eigenvalue weighted by Gasteiger charge is 2.17. The van der Waals surface area contributed by atoms with Gasteiger partial charge in [-0.2, -0.15) is 0 Å². The van der Waals surface area contributed by atoms with E-state index in [1.807, 2.05) is 0 Å². The van der Waals surface area contributed by atoms with Crippen LogP contribution in [0.15, 0.2) is 11.0 Å². The van der Waals surface area contributed by atoms with E-state index in [2.05, 4.69) is 0 Å². The first kappa shape index (κ1) is 10.1. The Kier molecular flexibility index (Phi) is 2.98. The van der Waals surface area contributed by atoms with Crippen molar-refractivity contribution >= 4 is 18.0 Å². The summed E-state index contributed by atoms with van der Waals surface area (Å²) in [6.07, 6.45) is 1.47. The van der Waals surface area contributed by atoms with Crippen LogP contribution in [-0.4, -0.2) is 12.5 Å². The molecule has 0 fully saturated rings. The van der Waals surface area contributed by atoms with Crippen LogP contribution in [0.25, 0.3) is 0 Å². The molecule has 1 rings (SSSR count). The smallest absolute Gasteiger partial charge is 0.156 e. The minimum absolute atomic E-state index is 0.0316. The molecule has 5 heteroatoms. The van der Waals surface area contributed by atoms with Gasteiger partial charge in [-0.15, -0.1) is 11.8 Å². The van der Waals surface area contributed by atoms with E-state index in [1.54, 1.807) is 0 Å². The van der Waals surface area contributed by atoms with Crippen LogP contribution in [0.3, 0.4) is 0 Å². The van der Waals surface area contributed by atoms with Crippen molar-refractivity contribution in [1.82, 2.24) is 0 Å². The number of rotatable bonds is 2. The van der Waals surface area contributed by atoms with Crippen LogP contribution in [0.4, 0.5) is 13.2 Å². The summed E-state index contributed by atoms with van der Waals surface area (Å²) < 4.78 is 38.6. The molecule has 0 saturated heterocycles. The number of carbonyl (C=O) groups is 1. The van der Waals surface area contributed by atoms with Gasteiger partial charge in [0.2, 0.25) is 0 Å². The van der Waals surface area contributed by atoms with E-state index in [0.29, 0.717) is 6.07 Å². The van der Waals surface area contributed by atoms with Gasteiger partial charge in [0.05, 0.1) is 10.5 Å². The average Bonchev–Trinajstić information content (AvgIpc) is 2.04. The molecule has 0 saturated carbocycles. The highest BCUT2D eigenvalue weighted by atomic mass is 32.2. The van der Waals surface area contributed by atoms with E-state index >= 15 is 0 Å². The molecule has 0 aliphatic carbocycles. The molecule has 0 radical (unpaired) electrons. The van der Waals surface area contributed by atoms with Crippen molar-refractivity contribution in [3.8, 4) is 0 Å². The van der Waals surface area contributed by atoms with Crippen LogP contribution in [-0.2, 0) is 0 Å². The highest BCUT2D eigenvalue weighted by molar-refractivity contribution is 7.98. The summed E-state index contributed by atoms with van der Waals surface area (Å²) in [6.45, 7) is 0. The molecule has 1 nitrogen and oxygen atoms in total. The topological polar surface area (TPSA) is 17.1 Å². The van der Waals surface area contributed by atoms with Crippen molar-refractivity contribution in [1.29, 1.82) is 0 Å². The third kappa shape index (κ3) is 1.70. The van der Waals surface area contributed by atoms with Crippen molar-refractivity contribution < 1.29 is 18.0 Å². The fraction of sp³-hybridized carbons (Fsp3) is 0.125. The Morgan fingerprint density at radius 2 is 1.92 bits per heavy atom. The summed E-state index contributed by atoms with van der Waals surface area (Å²) in [5, 5.41) is 0. The molecule has 1 aromatic carbocycles. The lowest BCUT2D eigenvalue weighted by molar-refractivity contribution is 0.111. The third-order valence-electron chi connectivity index (χ3n) is 1.49.